The maximum absolute atomic E-state index is 11.7. The maximum Gasteiger partial charge on any atom is 0.407 e. The average Bonchev–Trinajstić information content (AvgIpc) is 2.49. The Morgan fingerprint density at radius 1 is 1.17 bits per heavy atom. The van der Waals surface area contributed by atoms with Crippen molar-refractivity contribution in [1.82, 2.24) is 10.6 Å². The molecule has 0 aliphatic rings. The van der Waals surface area contributed by atoms with Crippen molar-refractivity contribution in [2.45, 2.75) is 51.0 Å². The largest absolute Gasteiger partial charge is 0.469 e. The molecule has 0 aliphatic heterocycles. The summed E-state index contributed by atoms with van der Waals surface area (Å²) in [4.78, 5) is 44.9. The van der Waals surface area contributed by atoms with Gasteiger partial charge in [0.25, 0.3) is 0 Å². The van der Waals surface area contributed by atoms with Crippen LogP contribution in [0.15, 0.2) is 0 Å². The van der Waals surface area contributed by atoms with Crippen molar-refractivity contribution in [2.75, 3.05) is 20.3 Å². The SMILES string of the molecule is COC(=O)CCC(=O)NC[C@H](CC=O)NC(=O)OCC[Si](C)(C)C. The summed E-state index contributed by atoms with van der Waals surface area (Å²) in [5.74, 6) is -0.830. The highest BCUT2D eigenvalue weighted by Gasteiger charge is 2.17. The van der Waals surface area contributed by atoms with Crippen LogP contribution in [-0.4, -0.2) is 58.6 Å². The zero-order valence-corrected chi connectivity index (χ0v) is 15.8. The summed E-state index contributed by atoms with van der Waals surface area (Å²) in [6.07, 6.45) is 0.0751. The van der Waals surface area contributed by atoms with Crippen LogP contribution in [-0.2, 0) is 23.9 Å². The van der Waals surface area contributed by atoms with Crippen LogP contribution in [0.1, 0.15) is 19.3 Å². The Labute approximate surface area is 143 Å². The van der Waals surface area contributed by atoms with Gasteiger partial charge in [0, 0.05) is 27.5 Å². The minimum absolute atomic E-state index is 0.0128. The van der Waals surface area contributed by atoms with Crippen LogP contribution >= 0.6 is 0 Å². The van der Waals surface area contributed by atoms with Gasteiger partial charge in [-0.25, -0.2) is 4.79 Å². The van der Waals surface area contributed by atoms with Crippen LogP contribution in [0.3, 0.4) is 0 Å². The molecule has 2 N–H and O–H groups in total. The van der Waals surface area contributed by atoms with Crippen LogP contribution < -0.4 is 10.6 Å². The van der Waals surface area contributed by atoms with Gasteiger partial charge in [-0.1, -0.05) is 19.6 Å². The van der Waals surface area contributed by atoms with Crippen molar-refractivity contribution in [2.24, 2.45) is 0 Å². The molecule has 8 nitrogen and oxygen atoms in total. The first kappa shape index (κ1) is 22.1. The van der Waals surface area contributed by atoms with Crippen LogP contribution in [0.25, 0.3) is 0 Å². The predicted molar refractivity (Wildman–Crippen MR) is 91.4 cm³/mol. The summed E-state index contributed by atoms with van der Waals surface area (Å²) in [6, 6.07) is 0.298. The Balaban J connectivity index is 4.15. The number of methoxy groups -OCH3 is 1. The van der Waals surface area contributed by atoms with Gasteiger partial charge in [0.05, 0.1) is 26.2 Å². The van der Waals surface area contributed by atoms with Crippen LogP contribution in [0.5, 0.6) is 0 Å². The number of carbonyl (C=O) groups excluding carboxylic acids is 4. The molecule has 9 heteroatoms. The maximum atomic E-state index is 11.7. The fourth-order valence-electron chi connectivity index (χ4n) is 1.61. The molecule has 1 atom stereocenters. The third kappa shape index (κ3) is 12.6. The molecule has 0 bridgehead atoms. The Morgan fingerprint density at radius 2 is 1.83 bits per heavy atom. The molecule has 0 saturated heterocycles. The topological polar surface area (TPSA) is 111 Å². The number of ether oxygens (including phenoxy) is 2. The van der Waals surface area contributed by atoms with E-state index in [9.17, 15) is 19.2 Å². The first-order valence-corrected chi connectivity index (χ1v) is 11.6. The molecule has 138 valence electrons. The van der Waals surface area contributed by atoms with Gasteiger partial charge in [0.1, 0.15) is 6.29 Å². The normalized spacial score (nSPS) is 12.0. The molecule has 0 aliphatic carbocycles. The second-order valence-electron chi connectivity index (χ2n) is 6.57. The second-order valence-corrected chi connectivity index (χ2v) is 12.2. The van der Waals surface area contributed by atoms with Gasteiger partial charge < -0.3 is 24.9 Å². The van der Waals surface area contributed by atoms with Gasteiger partial charge in [-0.15, -0.1) is 0 Å². The van der Waals surface area contributed by atoms with E-state index in [4.69, 9.17) is 4.74 Å². The lowest BCUT2D eigenvalue weighted by Crippen LogP contribution is -2.44. The molecule has 0 radical (unpaired) electrons. The molecule has 0 aromatic rings. The fourth-order valence-corrected chi connectivity index (χ4v) is 2.33. The van der Waals surface area contributed by atoms with Gasteiger partial charge in [-0.3, -0.25) is 9.59 Å². The van der Waals surface area contributed by atoms with E-state index in [0.717, 1.165) is 6.04 Å². The van der Waals surface area contributed by atoms with Gasteiger partial charge in [0.2, 0.25) is 5.91 Å². The van der Waals surface area contributed by atoms with Crippen molar-refractivity contribution >= 4 is 32.3 Å². The molecule has 0 aromatic carbocycles. The van der Waals surface area contributed by atoms with Gasteiger partial charge in [-0.2, -0.15) is 0 Å². The highest BCUT2D eigenvalue weighted by Crippen LogP contribution is 2.07. The Morgan fingerprint density at radius 3 is 2.38 bits per heavy atom. The molecule has 0 aromatic heterocycles. The summed E-state index contributed by atoms with van der Waals surface area (Å²) < 4.78 is 9.53. The molecule has 0 heterocycles. The third-order valence-corrected chi connectivity index (χ3v) is 4.82. The number of nitrogens with one attached hydrogen (secondary N) is 2. The number of hydrogen-bond acceptors (Lipinski definition) is 6. The fraction of sp³-hybridized carbons (Fsp3) is 0.733. The number of hydrogen-bond donors (Lipinski definition) is 2. The van der Waals surface area contributed by atoms with E-state index < -0.39 is 26.2 Å². The van der Waals surface area contributed by atoms with Crippen molar-refractivity contribution in [3.63, 3.8) is 0 Å². The molecular weight excluding hydrogens is 332 g/mol. The summed E-state index contributed by atoms with van der Waals surface area (Å²) in [5, 5.41) is 5.12. The standard InChI is InChI=1S/C15H28N2O6Si/c1-22-14(20)6-5-13(19)16-11-12(7-8-18)17-15(21)23-9-10-24(2,3)4/h8,12H,5-7,9-11H2,1-4H3,(H,16,19)(H,17,21)/t12-/m0/s1. The lowest BCUT2D eigenvalue weighted by atomic mass is 10.2. The molecule has 0 unspecified atom stereocenters. The van der Waals surface area contributed by atoms with Crippen molar-refractivity contribution < 1.29 is 28.7 Å². The Bertz CT molecular complexity index is 436. The average molecular weight is 360 g/mol. The minimum atomic E-state index is -1.29. The summed E-state index contributed by atoms with van der Waals surface area (Å²) >= 11 is 0. The van der Waals surface area contributed by atoms with Crippen LogP contribution in [0.4, 0.5) is 4.79 Å². The highest BCUT2D eigenvalue weighted by molar-refractivity contribution is 6.76. The second kappa shape index (κ2) is 11.6. The Kier molecular flexibility index (Phi) is 10.7. The van der Waals surface area contributed by atoms with Crippen LogP contribution in [0, 0.1) is 0 Å². The first-order valence-electron chi connectivity index (χ1n) is 7.88. The number of alkyl carbamates (subject to hydrolysis) is 1. The number of rotatable bonds is 11. The summed E-state index contributed by atoms with van der Waals surface area (Å²) in [7, 11) is -0.0389. The lowest BCUT2D eigenvalue weighted by Gasteiger charge is -2.19. The molecule has 0 spiro atoms. The zero-order chi connectivity index (χ0) is 18.6. The minimum Gasteiger partial charge on any atom is -0.469 e. The van der Waals surface area contributed by atoms with Crippen molar-refractivity contribution in [1.29, 1.82) is 0 Å². The molecule has 0 fully saturated rings. The van der Waals surface area contributed by atoms with E-state index in [0.29, 0.717) is 12.9 Å². The molecule has 0 rings (SSSR count). The number of amides is 2. The van der Waals surface area contributed by atoms with E-state index >= 15 is 0 Å². The van der Waals surface area contributed by atoms with E-state index in [1.165, 1.54) is 7.11 Å². The molecule has 0 saturated carbocycles. The lowest BCUT2D eigenvalue weighted by molar-refractivity contribution is -0.142. The number of carbonyl (C=O) groups is 4. The molecular formula is C15H28N2O6Si. The van der Waals surface area contributed by atoms with Gasteiger partial charge >= 0.3 is 12.1 Å². The first-order chi connectivity index (χ1) is 11.2. The van der Waals surface area contributed by atoms with Gasteiger partial charge in [-0.05, 0) is 6.04 Å². The Hall–Kier alpha value is -1.90. The summed E-state index contributed by atoms with van der Waals surface area (Å²) in [5.41, 5.74) is 0. The smallest absolute Gasteiger partial charge is 0.407 e. The predicted octanol–water partition coefficient (Wildman–Crippen LogP) is 1.08. The van der Waals surface area contributed by atoms with E-state index in [-0.39, 0.29) is 31.7 Å². The zero-order valence-electron chi connectivity index (χ0n) is 14.8. The van der Waals surface area contributed by atoms with Gasteiger partial charge in [0.15, 0.2) is 0 Å². The van der Waals surface area contributed by atoms with E-state index in [1.807, 2.05) is 0 Å². The van der Waals surface area contributed by atoms with Crippen LogP contribution in [0.2, 0.25) is 25.7 Å². The third-order valence-electron chi connectivity index (χ3n) is 3.12. The molecule has 24 heavy (non-hydrogen) atoms. The van der Waals surface area contributed by atoms with Crippen molar-refractivity contribution in [3.8, 4) is 0 Å². The van der Waals surface area contributed by atoms with E-state index in [1.54, 1.807) is 0 Å². The summed E-state index contributed by atoms with van der Waals surface area (Å²) in [6.45, 7) is 6.94. The van der Waals surface area contributed by atoms with Crippen molar-refractivity contribution in [3.05, 3.63) is 0 Å². The molecule has 2 amide bonds. The monoisotopic (exact) mass is 360 g/mol. The highest BCUT2D eigenvalue weighted by atomic mass is 28.3. The number of aldehydes is 1. The van der Waals surface area contributed by atoms with E-state index in [2.05, 4.69) is 35.0 Å². The number of esters is 1. The quantitative estimate of drug-likeness (QED) is 0.324.